The third-order valence-electron chi connectivity index (χ3n) is 3.24. The summed E-state index contributed by atoms with van der Waals surface area (Å²) in [5.41, 5.74) is 3.58. The molecule has 106 valence electrons. The van der Waals surface area contributed by atoms with Crippen molar-refractivity contribution in [2.75, 3.05) is 0 Å². The van der Waals surface area contributed by atoms with Gasteiger partial charge in [-0.25, -0.2) is 4.98 Å². The molecule has 3 aromatic rings. The van der Waals surface area contributed by atoms with E-state index in [1.165, 1.54) is 0 Å². The van der Waals surface area contributed by atoms with E-state index in [1.807, 2.05) is 36.4 Å². The van der Waals surface area contributed by atoms with E-state index in [1.54, 1.807) is 6.07 Å². The van der Waals surface area contributed by atoms with Crippen LogP contribution in [0.3, 0.4) is 0 Å². The number of hydrogen-bond donors (Lipinski definition) is 2. The molecule has 0 aliphatic rings. The minimum absolute atomic E-state index is 0.0154. The summed E-state index contributed by atoms with van der Waals surface area (Å²) in [7, 11) is 0. The van der Waals surface area contributed by atoms with Gasteiger partial charge in [0.15, 0.2) is 0 Å². The molecule has 0 saturated carbocycles. The predicted octanol–water partition coefficient (Wildman–Crippen LogP) is 3.43. The van der Waals surface area contributed by atoms with Crippen molar-refractivity contribution in [1.82, 2.24) is 9.97 Å². The molecule has 0 atom stereocenters. The van der Waals surface area contributed by atoms with Gasteiger partial charge in [-0.1, -0.05) is 29.8 Å². The summed E-state index contributed by atoms with van der Waals surface area (Å²) in [5, 5.41) is 9.53. The molecule has 3 rings (SSSR count). The van der Waals surface area contributed by atoms with Crippen molar-refractivity contribution in [3.8, 4) is 0 Å². The standard InChI is InChI=1S/C16H13ClN2O2/c17-12-4-1-10(2-5-12)8-15-18-13-6-3-11(9-16(20)21)7-14(13)19-15/h1-7H,8-9H2,(H,18,19)(H,20,21). The summed E-state index contributed by atoms with van der Waals surface area (Å²) in [6, 6.07) is 13.1. The molecule has 0 aliphatic carbocycles. The van der Waals surface area contributed by atoms with Crippen LogP contribution in [0, 0.1) is 0 Å². The second-order valence-electron chi connectivity index (χ2n) is 4.91. The summed E-state index contributed by atoms with van der Waals surface area (Å²) in [6.07, 6.45) is 0.696. The van der Waals surface area contributed by atoms with Crippen LogP contribution >= 0.6 is 11.6 Å². The first-order valence-corrected chi connectivity index (χ1v) is 6.92. The number of H-pyrrole nitrogens is 1. The first-order valence-electron chi connectivity index (χ1n) is 6.54. The average Bonchev–Trinajstić information content (AvgIpc) is 2.82. The zero-order valence-electron chi connectivity index (χ0n) is 11.1. The Morgan fingerprint density at radius 2 is 1.86 bits per heavy atom. The maximum absolute atomic E-state index is 10.7. The molecule has 0 saturated heterocycles. The third-order valence-corrected chi connectivity index (χ3v) is 3.49. The number of imidazole rings is 1. The van der Waals surface area contributed by atoms with Crippen LogP contribution < -0.4 is 0 Å². The number of nitrogens with zero attached hydrogens (tertiary/aromatic N) is 1. The molecule has 0 bridgehead atoms. The van der Waals surface area contributed by atoms with Gasteiger partial charge in [0.2, 0.25) is 0 Å². The molecule has 0 amide bonds. The second-order valence-corrected chi connectivity index (χ2v) is 5.35. The van der Waals surface area contributed by atoms with Crippen LogP contribution in [0.25, 0.3) is 11.0 Å². The molecule has 0 aliphatic heterocycles. The van der Waals surface area contributed by atoms with Crippen LogP contribution in [0.15, 0.2) is 42.5 Å². The van der Waals surface area contributed by atoms with Crippen LogP contribution in [-0.2, 0) is 17.6 Å². The Hall–Kier alpha value is -2.33. The molecule has 4 nitrogen and oxygen atoms in total. The molecule has 0 fully saturated rings. The number of carboxylic acid groups (broad SMARTS) is 1. The SMILES string of the molecule is O=C(O)Cc1ccc2nc(Cc3ccc(Cl)cc3)[nH]c2c1. The maximum Gasteiger partial charge on any atom is 0.307 e. The molecular weight excluding hydrogens is 288 g/mol. The highest BCUT2D eigenvalue weighted by Gasteiger charge is 2.06. The second kappa shape index (κ2) is 5.58. The summed E-state index contributed by atoms with van der Waals surface area (Å²) in [5.74, 6) is 0.00931. The topological polar surface area (TPSA) is 66.0 Å². The Morgan fingerprint density at radius 3 is 2.57 bits per heavy atom. The van der Waals surface area contributed by atoms with E-state index in [-0.39, 0.29) is 6.42 Å². The van der Waals surface area contributed by atoms with E-state index in [2.05, 4.69) is 9.97 Å². The lowest BCUT2D eigenvalue weighted by atomic mass is 10.1. The van der Waals surface area contributed by atoms with Gasteiger partial charge < -0.3 is 10.1 Å². The number of carboxylic acids is 1. The summed E-state index contributed by atoms with van der Waals surface area (Å²) < 4.78 is 0. The Morgan fingerprint density at radius 1 is 1.14 bits per heavy atom. The molecule has 21 heavy (non-hydrogen) atoms. The van der Waals surface area contributed by atoms with Crippen LogP contribution in [0.1, 0.15) is 17.0 Å². The zero-order chi connectivity index (χ0) is 14.8. The molecule has 2 N–H and O–H groups in total. The highest BCUT2D eigenvalue weighted by molar-refractivity contribution is 6.30. The van der Waals surface area contributed by atoms with Gasteiger partial charge in [0.05, 0.1) is 17.5 Å². The van der Waals surface area contributed by atoms with Crippen molar-refractivity contribution in [1.29, 1.82) is 0 Å². The lowest BCUT2D eigenvalue weighted by Crippen LogP contribution is -1.99. The number of carbonyl (C=O) groups is 1. The number of benzene rings is 2. The molecule has 2 aromatic carbocycles. The highest BCUT2D eigenvalue weighted by atomic mass is 35.5. The normalized spacial score (nSPS) is 10.9. The minimum atomic E-state index is -0.838. The molecule has 0 unspecified atom stereocenters. The molecule has 0 spiro atoms. The lowest BCUT2D eigenvalue weighted by molar-refractivity contribution is -0.136. The number of fused-ring (bicyclic) bond motifs is 1. The molecule has 5 heteroatoms. The van der Waals surface area contributed by atoms with Crippen molar-refractivity contribution in [3.05, 3.63) is 64.4 Å². The van der Waals surface area contributed by atoms with E-state index < -0.39 is 5.97 Å². The van der Waals surface area contributed by atoms with Crippen molar-refractivity contribution in [3.63, 3.8) is 0 Å². The van der Waals surface area contributed by atoms with Gasteiger partial charge in [0, 0.05) is 11.4 Å². The van der Waals surface area contributed by atoms with E-state index in [4.69, 9.17) is 16.7 Å². The van der Waals surface area contributed by atoms with E-state index >= 15 is 0 Å². The number of aromatic nitrogens is 2. The summed E-state index contributed by atoms with van der Waals surface area (Å²) in [6.45, 7) is 0. The number of hydrogen-bond acceptors (Lipinski definition) is 2. The van der Waals surface area contributed by atoms with E-state index in [0.717, 1.165) is 28.0 Å². The van der Waals surface area contributed by atoms with Crippen molar-refractivity contribution in [2.45, 2.75) is 12.8 Å². The van der Waals surface area contributed by atoms with Crippen LogP contribution in [0.5, 0.6) is 0 Å². The molecule has 1 heterocycles. The molecular formula is C16H13ClN2O2. The highest BCUT2D eigenvalue weighted by Crippen LogP contribution is 2.17. The largest absolute Gasteiger partial charge is 0.481 e. The smallest absolute Gasteiger partial charge is 0.307 e. The maximum atomic E-state index is 10.7. The monoisotopic (exact) mass is 300 g/mol. The quantitative estimate of drug-likeness (QED) is 0.775. The number of halogens is 1. The average molecular weight is 301 g/mol. The van der Waals surface area contributed by atoms with E-state index in [0.29, 0.717) is 11.4 Å². The number of rotatable bonds is 4. The Labute approximate surface area is 126 Å². The van der Waals surface area contributed by atoms with Gasteiger partial charge in [0.1, 0.15) is 5.82 Å². The number of aliphatic carboxylic acids is 1. The fourth-order valence-corrected chi connectivity index (χ4v) is 2.40. The molecule has 1 aromatic heterocycles. The number of nitrogens with one attached hydrogen (secondary N) is 1. The number of aromatic amines is 1. The minimum Gasteiger partial charge on any atom is -0.481 e. The van der Waals surface area contributed by atoms with Crippen molar-refractivity contribution in [2.24, 2.45) is 0 Å². The summed E-state index contributed by atoms with van der Waals surface area (Å²) in [4.78, 5) is 18.5. The molecule has 0 radical (unpaired) electrons. The van der Waals surface area contributed by atoms with Gasteiger partial charge in [-0.3, -0.25) is 4.79 Å². The lowest BCUT2D eigenvalue weighted by Gasteiger charge is -1.98. The van der Waals surface area contributed by atoms with E-state index in [9.17, 15) is 4.79 Å². The van der Waals surface area contributed by atoms with Gasteiger partial charge in [-0.2, -0.15) is 0 Å². The van der Waals surface area contributed by atoms with Crippen molar-refractivity contribution >= 4 is 28.6 Å². The van der Waals surface area contributed by atoms with Crippen molar-refractivity contribution < 1.29 is 9.90 Å². The zero-order valence-corrected chi connectivity index (χ0v) is 11.9. The Bertz CT molecular complexity index is 794. The van der Waals surface area contributed by atoms with Crippen LogP contribution in [-0.4, -0.2) is 21.0 Å². The van der Waals surface area contributed by atoms with Gasteiger partial charge >= 0.3 is 5.97 Å². The van der Waals surface area contributed by atoms with Crippen LogP contribution in [0.2, 0.25) is 5.02 Å². The predicted molar refractivity (Wildman–Crippen MR) is 81.7 cm³/mol. The van der Waals surface area contributed by atoms with Crippen LogP contribution in [0.4, 0.5) is 0 Å². The Kier molecular flexibility index (Phi) is 3.62. The fourth-order valence-electron chi connectivity index (χ4n) is 2.27. The van der Waals surface area contributed by atoms with Gasteiger partial charge in [0.25, 0.3) is 0 Å². The Balaban J connectivity index is 1.86. The van der Waals surface area contributed by atoms with Gasteiger partial charge in [-0.05, 0) is 35.4 Å². The first-order chi connectivity index (χ1) is 10.1. The first kappa shape index (κ1) is 13.6. The van der Waals surface area contributed by atoms with Gasteiger partial charge in [-0.15, -0.1) is 0 Å². The fraction of sp³-hybridized carbons (Fsp3) is 0.125. The third kappa shape index (κ3) is 3.23. The summed E-state index contributed by atoms with van der Waals surface area (Å²) >= 11 is 5.87.